The molecular weight excluding hydrogens is 353 g/mol. The second-order valence-electron chi connectivity index (χ2n) is 5.41. The van der Waals surface area contributed by atoms with Crippen molar-refractivity contribution in [3.63, 3.8) is 0 Å². The summed E-state index contributed by atoms with van der Waals surface area (Å²) in [5, 5.41) is 0.451. The highest BCUT2D eigenvalue weighted by molar-refractivity contribution is 7.22. The van der Waals surface area contributed by atoms with E-state index in [1.54, 1.807) is 18.3 Å². The van der Waals surface area contributed by atoms with Crippen LogP contribution in [-0.4, -0.2) is 25.8 Å². The molecule has 0 aliphatic heterocycles. The van der Waals surface area contributed by atoms with E-state index in [0.717, 1.165) is 0 Å². The summed E-state index contributed by atoms with van der Waals surface area (Å²) in [4.78, 5) is 31.2. The number of thiazole rings is 1. The van der Waals surface area contributed by atoms with Crippen LogP contribution in [0.2, 0.25) is 0 Å². The Morgan fingerprint density at radius 2 is 2.04 bits per heavy atom. The van der Waals surface area contributed by atoms with E-state index in [4.69, 9.17) is 0 Å². The molecule has 26 heavy (non-hydrogen) atoms. The third-order valence-corrected chi connectivity index (χ3v) is 4.68. The Kier molecular flexibility index (Phi) is 4.32. The van der Waals surface area contributed by atoms with Gasteiger partial charge in [0.25, 0.3) is 5.91 Å². The highest BCUT2D eigenvalue weighted by Crippen LogP contribution is 2.30. The molecule has 0 radical (unpaired) electrons. The summed E-state index contributed by atoms with van der Waals surface area (Å²) in [6.45, 7) is 0.221. The minimum absolute atomic E-state index is 0.203. The van der Waals surface area contributed by atoms with Gasteiger partial charge >= 0.3 is 0 Å². The number of pyridine rings is 1. The quantitative estimate of drug-likeness (QED) is 0.554. The first kappa shape index (κ1) is 16.2. The van der Waals surface area contributed by atoms with Crippen LogP contribution in [0.3, 0.4) is 0 Å². The molecule has 0 aliphatic rings. The topological polar surface area (TPSA) is 71.9 Å². The van der Waals surface area contributed by atoms with Crippen molar-refractivity contribution in [1.29, 1.82) is 0 Å². The lowest BCUT2D eigenvalue weighted by Gasteiger charge is -2.18. The predicted octanol–water partition coefficient (Wildman–Crippen LogP) is 3.47. The van der Waals surface area contributed by atoms with Crippen molar-refractivity contribution in [3.05, 3.63) is 78.4 Å². The zero-order chi connectivity index (χ0) is 17.9. The molecule has 0 bridgehead atoms. The number of anilines is 1. The van der Waals surface area contributed by atoms with Crippen molar-refractivity contribution in [2.75, 3.05) is 4.90 Å². The van der Waals surface area contributed by atoms with Gasteiger partial charge in [0.2, 0.25) is 0 Å². The minimum atomic E-state index is -0.344. The summed E-state index contributed by atoms with van der Waals surface area (Å²) >= 11 is 1.24. The van der Waals surface area contributed by atoms with Crippen molar-refractivity contribution in [2.24, 2.45) is 0 Å². The van der Waals surface area contributed by atoms with Crippen LogP contribution in [0.25, 0.3) is 10.2 Å². The second kappa shape index (κ2) is 6.93. The Balaban J connectivity index is 1.77. The maximum Gasteiger partial charge on any atom is 0.280 e. The molecule has 6 nitrogen and oxygen atoms in total. The van der Waals surface area contributed by atoms with Gasteiger partial charge in [-0.2, -0.15) is 0 Å². The van der Waals surface area contributed by atoms with Crippen LogP contribution in [0.4, 0.5) is 9.52 Å². The first-order valence-corrected chi connectivity index (χ1v) is 8.56. The van der Waals surface area contributed by atoms with Crippen LogP contribution < -0.4 is 4.90 Å². The Labute approximate surface area is 152 Å². The zero-order valence-corrected chi connectivity index (χ0v) is 14.2. The first-order valence-electron chi connectivity index (χ1n) is 7.74. The third kappa shape index (κ3) is 3.27. The van der Waals surface area contributed by atoms with Gasteiger partial charge in [0.1, 0.15) is 11.5 Å². The van der Waals surface area contributed by atoms with Crippen molar-refractivity contribution < 1.29 is 9.18 Å². The van der Waals surface area contributed by atoms with Gasteiger partial charge in [-0.05, 0) is 30.3 Å². The average molecular weight is 365 g/mol. The van der Waals surface area contributed by atoms with Crippen LogP contribution >= 0.6 is 11.3 Å². The lowest BCUT2D eigenvalue weighted by molar-refractivity contribution is 0.0979. The van der Waals surface area contributed by atoms with E-state index in [2.05, 4.69) is 19.9 Å². The van der Waals surface area contributed by atoms with Gasteiger partial charge in [0.15, 0.2) is 5.13 Å². The fourth-order valence-corrected chi connectivity index (χ4v) is 3.42. The fourth-order valence-electron chi connectivity index (χ4n) is 2.43. The number of benzene rings is 1. The van der Waals surface area contributed by atoms with Gasteiger partial charge in [-0.25, -0.2) is 14.4 Å². The van der Waals surface area contributed by atoms with Crippen molar-refractivity contribution in [2.45, 2.75) is 6.54 Å². The molecule has 4 rings (SSSR count). The van der Waals surface area contributed by atoms with Gasteiger partial charge in [-0.1, -0.05) is 17.4 Å². The molecule has 0 fully saturated rings. The monoisotopic (exact) mass is 365 g/mol. The molecule has 0 spiro atoms. The van der Waals surface area contributed by atoms with Gasteiger partial charge in [-0.15, -0.1) is 0 Å². The summed E-state index contributed by atoms with van der Waals surface area (Å²) in [5.41, 5.74) is 1.54. The number of nitrogens with zero attached hydrogens (tertiary/aromatic N) is 5. The number of carbonyl (C=O) groups excluding carboxylic acids is 1. The van der Waals surface area contributed by atoms with Crippen LogP contribution in [0.1, 0.15) is 16.2 Å². The summed E-state index contributed by atoms with van der Waals surface area (Å²) in [5.74, 6) is -0.687. The van der Waals surface area contributed by atoms with E-state index in [9.17, 15) is 9.18 Å². The average Bonchev–Trinajstić information content (AvgIpc) is 3.10. The third-order valence-electron chi connectivity index (χ3n) is 3.64. The fraction of sp³-hybridized carbons (Fsp3) is 0.0556. The molecule has 1 aromatic carbocycles. The molecule has 0 aliphatic carbocycles. The summed E-state index contributed by atoms with van der Waals surface area (Å²) < 4.78 is 14.2. The van der Waals surface area contributed by atoms with Gasteiger partial charge in [-0.3, -0.25) is 19.7 Å². The molecule has 3 heterocycles. The zero-order valence-electron chi connectivity index (χ0n) is 13.4. The Bertz CT molecular complexity index is 1060. The molecule has 0 unspecified atom stereocenters. The standard InChI is InChI=1S/C18H12FN5OS/c19-12-4-5-14-16(9-12)26-18(23-14)24(11-13-3-1-2-6-21-13)17(25)15-10-20-7-8-22-15/h1-10H,11H2. The SMILES string of the molecule is O=C(c1cnccn1)N(Cc1ccccn1)c1nc2ccc(F)cc2s1. The lowest BCUT2D eigenvalue weighted by Crippen LogP contribution is -2.31. The molecule has 8 heteroatoms. The molecule has 128 valence electrons. The minimum Gasteiger partial charge on any atom is -0.276 e. The van der Waals surface area contributed by atoms with E-state index >= 15 is 0 Å². The Morgan fingerprint density at radius 3 is 2.81 bits per heavy atom. The van der Waals surface area contributed by atoms with E-state index in [-0.39, 0.29) is 24.0 Å². The van der Waals surface area contributed by atoms with Crippen LogP contribution in [0, 0.1) is 5.82 Å². The number of halogens is 1. The highest BCUT2D eigenvalue weighted by Gasteiger charge is 2.23. The number of carbonyl (C=O) groups is 1. The smallest absolute Gasteiger partial charge is 0.276 e. The van der Waals surface area contributed by atoms with Crippen molar-refractivity contribution >= 4 is 32.6 Å². The highest BCUT2D eigenvalue weighted by atomic mass is 32.1. The number of fused-ring (bicyclic) bond motifs is 1. The van der Waals surface area contributed by atoms with Crippen LogP contribution in [0.5, 0.6) is 0 Å². The first-order chi connectivity index (χ1) is 12.7. The molecule has 0 saturated heterocycles. The number of hydrogen-bond acceptors (Lipinski definition) is 6. The van der Waals surface area contributed by atoms with Crippen LogP contribution in [0.15, 0.2) is 61.2 Å². The van der Waals surface area contributed by atoms with Crippen molar-refractivity contribution in [1.82, 2.24) is 19.9 Å². The molecule has 0 atom stereocenters. The lowest BCUT2D eigenvalue weighted by atomic mass is 10.3. The summed E-state index contributed by atoms with van der Waals surface area (Å²) in [7, 11) is 0. The Hall–Kier alpha value is -3.26. The number of amides is 1. The molecule has 1 amide bonds. The van der Waals surface area contributed by atoms with E-state index in [1.165, 1.54) is 47.0 Å². The van der Waals surface area contributed by atoms with Crippen molar-refractivity contribution in [3.8, 4) is 0 Å². The van der Waals surface area contributed by atoms with Gasteiger partial charge in [0.05, 0.1) is 28.7 Å². The van der Waals surface area contributed by atoms with Gasteiger partial charge < -0.3 is 0 Å². The number of aromatic nitrogens is 4. The predicted molar refractivity (Wildman–Crippen MR) is 96.4 cm³/mol. The summed E-state index contributed by atoms with van der Waals surface area (Å²) in [6, 6.07) is 9.82. The normalized spacial score (nSPS) is 10.8. The van der Waals surface area contributed by atoms with Crippen LogP contribution in [-0.2, 0) is 6.54 Å². The maximum atomic E-state index is 13.5. The number of rotatable bonds is 4. The molecule has 0 N–H and O–H groups in total. The molecule has 4 aromatic rings. The van der Waals surface area contributed by atoms with E-state index in [1.807, 2.05) is 12.1 Å². The maximum absolute atomic E-state index is 13.5. The largest absolute Gasteiger partial charge is 0.280 e. The molecule has 3 aromatic heterocycles. The molecule has 0 saturated carbocycles. The summed E-state index contributed by atoms with van der Waals surface area (Å²) in [6.07, 6.45) is 6.02. The molecular formula is C18H12FN5OS. The Morgan fingerprint density at radius 1 is 1.12 bits per heavy atom. The van der Waals surface area contributed by atoms with E-state index < -0.39 is 0 Å². The van der Waals surface area contributed by atoms with Gasteiger partial charge in [0, 0.05) is 18.6 Å². The number of hydrogen-bond donors (Lipinski definition) is 0. The second-order valence-corrected chi connectivity index (χ2v) is 6.42. The van der Waals surface area contributed by atoms with E-state index in [0.29, 0.717) is 21.0 Å².